The summed E-state index contributed by atoms with van der Waals surface area (Å²) < 4.78 is 0. The van der Waals surface area contributed by atoms with Crippen molar-refractivity contribution in [1.82, 2.24) is 5.43 Å². The lowest BCUT2D eigenvalue weighted by molar-refractivity contribution is -0.136. The number of carbonyl (C=O) groups excluding carboxylic acids is 2. The zero-order valence-electron chi connectivity index (χ0n) is 12.2. The highest BCUT2D eigenvalue weighted by atomic mass is 35.5. The molecule has 0 fully saturated rings. The van der Waals surface area contributed by atoms with Crippen LogP contribution in [0.25, 0.3) is 0 Å². The molecule has 0 aliphatic carbocycles. The Hall–Kier alpha value is -2.86. The first-order chi connectivity index (χ1) is 11.0. The number of para-hydroxylation sites is 1. The minimum Gasteiger partial charge on any atom is -0.507 e. The van der Waals surface area contributed by atoms with Crippen LogP contribution in [0, 0.1) is 6.92 Å². The van der Waals surface area contributed by atoms with E-state index in [4.69, 9.17) is 11.6 Å². The number of nitrogens with zero attached hydrogens (tertiary/aromatic N) is 1. The molecule has 0 heterocycles. The Morgan fingerprint density at radius 3 is 2.65 bits per heavy atom. The molecule has 0 saturated heterocycles. The van der Waals surface area contributed by atoms with Crippen LogP contribution in [-0.2, 0) is 9.59 Å². The normalized spacial score (nSPS) is 10.5. The van der Waals surface area contributed by atoms with E-state index in [1.54, 1.807) is 12.1 Å². The molecule has 118 valence electrons. The number of rotatable bonds is 3. The molecule has 2 rings (SSSR count). The molecule has 2 aromatic carbocycles. The molecule has 0 bridgehead atoms. The minimum absolute atomic E-state index is 0.0447. The predicted molar refractivity (Wildman–Crippen MR) is 88.7 cm³/mol. The fourth-order valence-corrected chi connectivity index (χ4v) is 1.91. The van der Waals surface area contributed by atoms with Gasteiger partial charge in [-0.05, 0) is 36.8 Å². The number of carbonyl (C=O) groups is 2. The Bertz CT molecular complexity index is 775. The largest absolute Gasteiger partial charge is 0.507 e. The first-order valence-corrected chi connectivity index (χ1v) is 7.03. The second kappa shape index (κ2) is 7.42. The Kier molecular flexibility index (Phi) is 5.32. The number of hydrazone groups is 1. The molecular formula is C16H14ClN3O3. The first-order valence-electron chi connectivity index (χ1n) is 6.66. The van der Waals surface area contributed by atoms with E-state index in [-0.39, 0.29) is 5.75 Å². The summed E-state index contributed by atoms with van der Waals surface area (Å²) in [5.74, 6) is -1.81. The highest BCUT2D eigenvalue weighted by molar-refractivity contribution is 6.39. The minimum atomic E-state index is -0.925. The summed E-state index contributed by atoms with van der Waals surface area (Å²) in [4.78, 5) is 23.4. The summed E-state index contributed by atoms with van der Waals surface area (Å²) in [6, 6.07) is 11.5. The van der Waals surface area contributed by atoms with Crippen LogP contribution in [0.3, 0.4) is 0 Å². The van der Waals surface area contributed by atoms with Gasteiger partial charge in [-0.1, -0.05) is 29.8 Å². The zero-order valence-corrected chi connectivity index (χ0v) is 13.0. The van der Waals surface area contributed by atoms with E-state index in [1.165, 1.54) is 24.4 Å². The molecule has 2 amide bonds. The molecular weight excluding hydrogens is 318 g/mol. The fraction of sp³-hybridized carbons (Fsp3) is 0.0625. The van der Waals surface area contributed by atoms with Crippen LogP contribution in [0.4, 0.5) is 5.69 Å². The Morgan fingerprint density at radius 2 is 1.91 bits per heavy atom. The highest BCUT2D eigenvalue weighted by Crippen LogP contribution is 2.19. The van der Waals surface area contributed by atoms with Crippen molar-refractivity contribution in [1.29, 1.82) is 0 Å². The number of aryl methyl sites for hydroxylation is 1. The standard InChI is InChI=1S/C16H14ClN3O3/c1-10-4-2-3-5-13(10)19-15(22)16(23)20-18-9-11-8-12(17)6-7-14(11)21/h2-9,21H,1H3,(H,19,22)(H,20,23)/b18-9-. The topological polar surface area (TPSA) is 90.8 Å². The number of phenolic OH excluding ortho intramolecular Hbond substituents is 1. The van der Waals surface area contributed by atoms with Gasteiger partial charge in [0, 0.05) is 16.3 Å². The van der Waals surface area contributed by atoms with Crippen LogP contribution in [-0.4, -0.2) is 23.1 Å². The molecule has 2 aromatic rings. The average molecular weight is 332 g/mol. The first kappa shape index (κ1) is 16.5. The number of halogens is 1. The van der Waals surface area contributed by atoms with Gasteiger partial charge in [-0.2, -0.15) is 5.10 Å². The van der Waals surface area contributed by atoms with Crippen LogP contribution in [0.5, 0.6) is 5.75 Å². The summed E-state index contributed by atoms with van der Waals surface area (Å²) in [6.07, 6.45) is 1.19. The zero-order chi connectivity index (χ0) is 16.8. The molecule has 3 N–H and O–H groups in total. The fourth-order valence-electron chi connectivity index (χ4n) is 1.73. The molecule has 23 heavy (non-hydrogen) atoms. The van der Waals surface area contributed by atoms with Crippen LogP contribution in [0.15, 0.2) is 47.6 Å². The van der Waals surface area contributed by atoms with Gasteiger partial charge in [0.1, 0.15) is 5.75 Å². The third-order valence-electron chi connectivity index (χ3n) is 2.96. The number of hydrogen-bond acceptors (Lipinski definition) is 4. The Balaban J connectivity index is 1.96. The van der Waals surface area contributed by atoms with E-state index in [2.05, 4.69) is 15.8 Å². The average Bonchev–Trinajstić information content (AvgIpc) is 2.52. The lowest BCUT2D eigenvalue weighted by Gasteiger charge is -2.06. The quantitative estimate of drug-likeness (QED) is 0.458. The van der Waals surface area contributed by atoms with E-state index in [0.717, 1.165) is 5.56 Å². The van der Waals surface area contributed by atoms with Crippen LogP contribution >= 0.6 is 11.6 Å². The van der Waals surface area contributed by atoms with Gasteiger partial charge in [0.2, 0.25) is 0 Å². The predicted octanol–water partition coefficient (Wildman–Crippen LogP) is 2.44. The number of amides is 2. The van der Waals surface area contributed by atoms with Crippen molar-refractivity contribution >= 4 is 35.3 Å². The van der Waals surface area contributed by atoms with Crippen LogP contribution in [0.2, 0.25) is 5.02 Å². The molecule has 7 heteroatoms. The smallest absolute Gasteiger partial charge is 0.329 e. The maximum atomic E-state index is 11.8. The summed E-state index contributed by atoms with van der Waals surface area (Å²) in [6.45, 7) is 1.81. The number of nitrogens with one attached hydrogen (secondary N) is 2. The summed E-state index contributed by atoms with van der Waals surface area (Å²) in [5, 5.41) is 16.1. The van der Waals surface area contributed by atoms with Crippen molar-refractivity contribution in [2.24, 2.45) is 5.10 Å². The van der Waals surface area contributed by atoms with E-state index >= 15 is 0 Å². The summed E-state index contributed by atoms with van der Waals surface area (Å²) in [7, 11) is 0. The third-order valence-corrected chi connectivity index (χ3v) is 3.19. The summed E-state index contributed by atoms with van der Waals surface area (Å²) >= 11 is 5.79. The molecule has 0 radical (unpaired) electrons. The third kappa shape index (κ3) is 4.55. The van der Waals surface area contributed by atoms with Crippen molar-refractivity contribution in [2.75, 3.05) is 5.32 Å². The van der Waals surface area contributed by atoms with Gasteiger partial charge >= 0.3 is 11.8 Å². The number of hydrogen-bond donors (Lipinski definition) is 3. The van der Waals surface area contributed by atoms with E-state index in [9.17, 15) is 14.7 Å². The SMILES string of the molecule is Cc1ccccc1NC(=O)C(=O)N/N=C\c1cc(Cl)ccc1O. The van der Waals surface area contributed by atoms with Crippen LogP contribution < -0.4 is 10.7 Å². The lowest BCUT2D eigenvalue weighted by atomic mass is 10.2. The van der Waals surface area contributed by atoms with E-state index < -0.39 is 11.8 Å². The van der Waals surface area contributed by atoms with Crippen molar-refractivity contribution in [3.63, 3.8) is 0 Å². The van der Waals surface area contributed by atoms with Crippen molar-refractivity contribution in [2.45, 2.75) is 6.92 Å². The Morgan fingerprint density at radius 1 is 1.17 bits per heavy atom. The molecule has 6 nitrogen and oxygen atoms in total. The molecule has 0 aromatic heterocycles. The Labute approximate surface area is 137 Å². The van der Waals surface area contributed by atoms with Gasteiger partial charge in [-0.3, -0.25) is 9.59 Å². The molecule has 0 unspecified atom stereocenters. The number of anilines is 1. The molecule has 0 aliphatic heterocycles. The molecule has 0 atom stereocenters. The number of phenols is 1. The molecule has 0 saturated carbocycles. The monoisotopic (exact) mass is 331 g/mol. The summed E-state index contributed by atoms with van der Waals surface area (Å²) in [5.41, 5.74) is 3.78. The number of aromatic hydroxyl groups is 1. The second-order valence-corrected chi connectivity index (χ2v) is 5.11. The highest BCUT2D eigenvalue weighted by Gasteiger charge is 2.13. The van der Waals surface area contributed by atoms with Gasteiger partial charge in [0.25, 0.3) is 0 Å². The number of benzene rings is 2. The van der Waals surface area contributed by atoms with Gasteiger partial charge < -0.3 is 10.4 Å². The van der Waals surface area contributed by atoms with Crippen molar-refractivity contribution in [3.8, 4) is 5.75 Å². The van der Waals surface area contributed by atoms with Gasteiger partial charge in [0.15, 0.2) is 0 Å². The lowest BCUT2D eigenvalue weighted by Crippen LogP contribution is -2.32. The molecule has 0 spiro atoms. The van der Waals surface area contributed by atoms with Crippen molar-refractivity contribution in [3.05, 3.63) is 58.6 Å². The van der Waals surface area contributed by atoms with E-state index in [1.807, 2.05) is 19.1 Å². The molecule has 0 aliphatic rings. The maximum absolute atomic E-state index is 11.8. The van der Waals surface area contributed by atoms with Crippen LogP contribution in [0.1, 0.15) is 11.1 Å². The van der Waals surface area contributed by atoms with Gasteiger partial charge in [-0.25, -0.2) is 5.43 Å². The van der Waals surface area contributed by atoms with Gasteiger partial charge in [0.05, 0.1) is 6.21 Å². The van der Waals surface area contributed by atoms with Gasteiger partial charge in [-0.15, -0.1) is 0 Å². The van der Waals surface area contributed by atoms with E-state index in [0.29, 0.717) is 16.3 Å². The maximum Gasteiger partial charge on any atom is 0.329 e. The van der Waals surface area contributed by atoms with Crippen molar-refractivity contribution < 1.29 is 14.7 Å². The second-order valence-electron chi connectivity index (χ2n) is 4.67.